The summed E-state index contributed by atoms with van der Waals surface area (Å²) in [7, 11) is 3.57. The van der Waals surface area contributed by atoms with Crippen LogP contribution in [0.5, 0.6) is 0 Å². The lowest BCUT2D eigenvalue weighted by Gasteiger charge is -2.17. The molecule has 0 aromatic heterocycles. The van der Waals surface area contributed by atoms with E-state index in [4.69, 9.17) is 9.47 Å². The van der Waals surface area contributed by atoms with E-state index in [2.05, 4.69) is 15.6 Å². The number of ether oxygens (including phenoxy) is 2. The molecule has 0 atom stereocenters. The molecule has 0 aromatic rings. The molecule has 0 spiro atoms. The summed E-state index contributed by atoms with van der Waals surface area (Å²) in [4.78, 5) is 4.01. The van der Waals surface area contributed by atoms with Gasteiger partial charge in [0.2, 0.25) is 0 Å². The SMILES string of the molecule is CCOC(CCNC(=NC)NC)OCC.I. The van der Waals surface area contributed by atoms with Crippen LogP contribution in [0.2, 0.25) is 0 Å². The molecule has 0 fully saturated rings. The van der Waals surface area contributed by atoms with Gasteiger partial charge in [-0.2, -0.15) is 0 Å². The maximum Gasteiger partial charge on any atom is 0.190 e. The molecule has 16 heavy (non-hydrogen) atoms. The Hall–Kier alpha value is -0.0800. The van der Waals surface area contributed by atoms with Gasteiger partial charge in [0, 0.05) is 40.3 Å². The lowest BCUT2D eigenvalue weighted by molar-refractivity contribution is -0.138. The minimum atomic E-state index is -0.123. The largest absolute Gasteiger partial charge is 0.359 e. The van der Waals surface area contributed by atoms with E-state index in [0.29, 0.717) is 13.2 Å². The zero-order chi connectivity index (χ0) is 11.5. The predicted octanol–water partition coefficient (Wildman–Crippen LogP) is 1.19. The summed E-state index contributed by atoms with van der Waals surface area (Å²) in [6.07, 6.45) is 0.685. The summed E-state index contributed by atoms with van der Waals surface area (Å²) in [6, 6.07) is 0. The van der Waals surface area contributed by atoms with Crippen molar-refractivity contribution in [2.24, 2.45) is 4.99 Å². The highest BCUT2D eigenvalue weighted by Gasteiger charge is 2.07. The molecule has 0 amide bonds. The van der Waals surface area contributed by atoms with Crippen LogP contribution in [0.25, 0.3) is 0 Å². The normalized spacial score (nSPS) is 11.2. The minimum Gasteiger partial charge on any atom is -0.359 e. The third kappa shape index (κ3) is 9.17. The van der Waals surface area contributed by atoms with E-state index in [1.165, 1.54) is 0 Å². The average Bonchev–Trinajstić information content (AvgIpc) is 2.25. The van der Waals surface area contributed by atoms with E-state index >= 15 is 0 Å². The fraction of sp³-hybridized carbons (Fsp3) is 0.900. The van der Waals surface area contributed by atoms with E-state index in [9.17, 15) is 0 Å². The molecule has 0 aliphatic rings. The predicted molar refractivity (Wildman–Crippen MR) is 77.5 cm³/mol. The molecule has 2 N–H and O–H groups in total. The van der Waals surface area contributed by atoms with E-state index < -0.39 is 0 Å². The Morgan fingerprint density at radius 1 is 1.25 bits per heavy atom. The Bertz CT molecular complexity index is 173. The number of hydrogen-bond donors (Lipinski definition) is 2. The van der Waals surface area contributed by atoms with E-state index in [0.717, 1.165) is 18.9 Å². The summed E-state index contributed by atoms with van der Waals surface area (Å²) in [5, 5.41) is 6.09. The van der Waals surface area contributed by atoms with Crippen molar-refractivity contribution in [2.75, 3.05) is 33.9 Å². The highest BCUT2D eigenvalue weighted by molar-refractivity contribution is 14.0. The van der Waals surface area contributed by atoms with Gasteiger partial charge in [-0.3, -0.25) is 4.99 Å². The quantitative estimate of drug-likeness (QED) is 0.315. The number of rotatable bonds is 7. The standard InChI is InChI=1S/C10H23N3O2.HI/c1-5-14-9(15-6-2)7-8-13-10(11-3)12-4;/h9H,5-8H2,1-4H3,(H2,11,12,13);1H. The third-order valence-corrected chi connectivity index (χ3v) is 1.84. The van der Waals surface area contributed by atoms with Crippen molar-refractivity contribution in [1.82, 2.24) is 10.6 Å². The molecule has 0 bridgehead atoms. The molecule has 98 valence electrons. The fourth-order valence-electron chi connectivity index (χ4n) is 1.17. The van der Waals surface area contributed by atoms with Crippen LogP contribution >= 0.6 is 24.0 Å². The van der Waals surface area contributed by atoms with Crippen LogP contribution in [0.1, 0.15) is 20.3 Å². The monoisotopic (exact) mass is 345 g/mol. The second-order valence-electron chi connectivity index (χ2n) is 2.88. The van der Waals surface area contributed by atoms with Gasteiger partial charge >= 0.3 is 0 Å². The number of hydrogen-bond acceptors (Lipinski definition) is 3. The van der Waals surface area contributed by atoms with Crippen LogP contribution in [0.3, 0.4) is 0 Å². The molecule has 0 aliphatic carbocycles. The Labute approximate surface area is 115 Å². The zero-order valence-electron chi connectivity index (χ0n) is 10.6. The van der Waals surface area contributed by atoms with E-state index in [1.807, 2.05) is 20.9 Å². The maximum absolute atomic E-state index is 5.41. The smallest absolute Gasteiger partial charge is 0.190 e. The van der Waals surface area contributed by atoms with Gasteiger partial charge < -0.3 is 20.1 Å². The molecular formula is C10H24IN3O2. The van der Waals surface area contributed by atoms with Gasteiger partial charge in [0.15, 0.2) is 12.2 Å². The Morgan fingerprint density at radius 3 is 2.19 bits per heavy atom. The van der Waals surface area contributed by atoms with Crippen molar-refractivity contribution in [3.63, 3.8) is 0 Å². The van der Waals surface area contributed by atoms with Gasteiger partial charge in [-0.25, -0.2) is 0 Å². The number of halogens is 1. The fourth-order valence-corrected chi connectivity index (χ4v) is 1.17. The Kier molecular flexibility index (Phi) is 14.8. The van der Waals surface area contributed by atoms with Gasteiger partial charge in [-0.05, 0) is 13.8 Å². The molecule has 0 saturated heterocycles. The molecule has 0 saturated carbocycles. The van der Waals surface area contributed by atoms with Crippen LogP contribution < -0.4 is 10.6 Å². The second kappa shape index (κ2) is 13.0. The first-order valence-corrected chi connectivity index (χ1v) is 5.40. The first-order valence-electron chi connectivity index (χ1n) is 5.40. The highest BCUT2D eigenvalue weighted by Crippen LogP contribution is 1.99. The zero-order valence-corrected chi connectivity index (χ0v) is 12.9. The van der Waals surface area contributed by atoms with Crippen LogP contribution in [0, 0.1) is 0 Å². The number of guanidine groups is 1. The summed E-state index contributed by atoms with van der Waals surface area (Å²) >= 11 is 0. The molecule has 0 aliphatic heterocycles. The average molecular weight is 345 g/mol. The van der Waals surface area contributed by atoms with Gasteiger partial charge in [0.05, 0.1) is 0 Å². The first kappa shape index (κ1) is 18.3. The van der Waals surface area contributed by atoms with Crippen molar-refractivity contribution < 1.29 is 9.47 Å². The van der Waals surface area contributed by atoms with Crippen molar-refractivity contribution in [3.8, 4) is 0 Å². The van der Waals surface area contributed by atoms with Crippen LogP contribution in [0.4, 0.5) is 0 Å². The van der Waals surface area contributed by atoms with E-state index in [-0.39, 0.29) is 30.3 Å². The molecule has 0 rings (SSSR count). The van der Waals surface area contributed by atoms with Gasteiger partial charge in [0.1, 0.15) is 0 Å². The number of nitrogens with one attached hydrogen (secondary N) is 2. The lowest BCUT2D eigenvalue weighted by atomic mass is 10.4. The number of nitrogens with zero attached hydrogens (tertiary/aromatic N) is 1. The van der Waals surface area contributed by atoms with Gasteiger partial charge in [-0.1, -0.05) is 0 Å². The van der Waals surface area contributed by atoms with Crippen LogP contribution in [-0.2, 0) is 9.47 Å². The Balaban J connectivity index is 0. The van der Waals surface area contributed by atoms with Crippen LogP contribution in [0.15, 0.2) is 4.99 Å². The van der Waals surface area contributed by atoms with E-state index in [1.54, 1.807) is 7.05 Å². The molecule has 6 heteroatoms. The summed E-state index contributed by atoms with van der Waals surface area (Å²) in [5.41, 5.74) is 0. The molecule has 0 radical (unpaired) electrons. The third-order valence-electron chi connectivity index (χ3n) is 1.84. The molecule has 5 nitrogen and oxygen atoms in total. The summed E-state index contributed by atoms with van der Waals surface area (Å²) < 4.78 is 10.8. The van der Waals surface area contributed by atoms with Gasteiger partial charge in [-0.15, -0.1) is 24.0 Å². The van der Waals surface area contributed by atoms with Crippen molar-refractivity contribution in [2.45, 2.75) is 26.6 Å². The van der Waals surface area contributed by atoms with Crippen molar-refractivity contribution in [1.29, 1.82) is 0 Å². The highest BCUT2D eigenvalue weighted by atomic mass is 127. The van der Waals surface area contributed by atoms with Crippen molar-refractivity contribution >= 4 is 29.9 Å². The van der Waals surface area contributed by atoms with Crippen molar-refractivity contribution in [3.05, 3.63) is 0 Å². The number of aliphatic imine (C=N–C) groups is 1. The molecule has 0 unspecified atom stereocenters. The molecular weight excluding hydrogens is 321 g/mol. The maximum atomic E-state index is 5.41. The first-order chi connectivity index (χ1) is 7.28. The minimum absolute atomic E-state index is 0. The molecule has 0 aromatic carbocycles. The topological polar surface area (TPSA) is 54.9 Å². The van der Waals surface area contributed by atoms with Crippen LogP contribution in [-0.4, -0.2) is 46.1 Å². The lowest BCUT2D eigenvalue weighted by Crippen LogP contribution is -2.36. The second-order valence-corrected chi connectivity index (χ2v) is 2.88. The summed E-state index contributed by atoms with van der Waals surface area (Å²) in [6.45, 7) is 6.05. The Morgan fingerprint density at radius 2 is 1.81 bits per heavy atom. The van der Waals surface area contributed by atoms with Gasteiger partial charge in [0.25, 0.3) is 0 Å². The summed E-state index contributed by atoms with van der Waals surface area (Å²) in [5.74, 6) is 0.779. The molecule has 0 heterocycles.